The molecule has 3 heterocycles. The zero-order chi connectivity index (χ0) is 17.4. The van der Waals surface area contributed by atoms with Crippen LogP contribution in [0.4, 0.5) is 0 Å². The molecule has 1 fully saturated rings. The third-order valence-electron chi connectivity index (χ3n) is 4.65. The van der Waals surface area contributed by atoms with Crippen LogP contribution in [0, 0.1) is 0 Å². The minimum atomic E-state index is -0.305. The number of nitrogens with zero attached hydrogens (tertiary/aromatic N) is 6. The molecular formula is C17H18N6O2. The summed E-state index contributed by atoms with van der Waals surface area (Å²) < 4.78 is 7.20. The summed E-state index contributed by atoms with van der Waals surface area (Å²) in [4.78, 5) is 21.9. The first kappa shape index (κ1) is 15.5. The van der Waals surface area contributed by atoms with Gasteiger partial charge in [-0.15, -0.1) is 0 Å². The Morgan fingerprint density at radius 3 is 2.96 bits per heavy atom. The number of carbonyl (C=O) groups is 1. The van der Waals surface area contributed by atoms with E-state index in [1.807, 2.05) is 29.2 Å². The molecule has 0 bridgehead atoms. The van der Waals surface area contributed by atoms with Crippen molar-refractivity contribution in [1.82, 2.24) is 29.8 Å². The molecule has 0 saturated carbocycles. The third-order valence-corrected chi connectivity index (χ3v) is 4.65. The summed E-state index contributed by atoms with van der Waals surface area (Å²) in [6, 6.07) is 7.70. The average Bonchev–Trinajstić information content (AvgIpc) is 3.35. The van der Waals surface area contributed by atoms with Crippen molar-refractivity contribution in [3.05, 3.63) is 42.8 Å². The highest BCUT2D eigenvalue weighted by Crippen LogP contribution is 2.34. The minimum Gasteiger partial charge on any atom is -0.342 e. The summed E-state index contributed by atoms with van der Waals surface area (Å²) in [5, 5.41) is 8.26. The molecule has 4 rings (SSSR count). The number of likely N-dealkylation sites (tertiary alicyclic amines) is 1. The lowest BCUT2D eigenvalue weighted by Gasteiger charge is -2.19. The highest BCUT2D eigenvalue weighted by Gasteiger charge is 2.41. The van der Waals surface area contributed by atoms with Gasteiger partial charge < -0.3 is 9.42 Å². The molecule has 1 aromatic carbocycles. The van der Waals surface area contributed by atoms with Crippen molar-refractivity contribution in [2.75, 3.05) is 13.1 Å². The van der Waals surface area contributed by atoms with Gasteiger partial charge in [0.1, 0.15) is 12.7 Å². The Balaban J connectivity index is 1.62. The molecule has 0 radical (unpaired) electrons. The summed E-state index contributed by atoms with van der Waals surface area (Å²) in [6.07, 6.45) is 3.94. The van der Waals surface area contributed by atoms with Crippen molar-refractivity contribution < 1.29 is 9.32 Å². The second-order valence-electron chi connectivity index (χ2n) is 6.56. The van der Waals surface area contributed by atoms with E-state index >= 15 is 0 Å². The van der Waals surface area contributed by atoms with Crippen molar-refractivity contribution >= 4 is 5.91 Å². The van der Waals surface area contributed by atoms with Gasteiger partial charge >= 0.3 is 0 Å². The average molecular weight is 338 g/mol. The second kappa shape index (κ2) is 5.80. The highest BCUT2D eigenvalue weighted by molar-refractivity contribution is 5.73. The number of benzene rings is 1. The van der Waals surface area contributed by atoms with E-state index in [9.17, 15) is 4.79 Å². The lowest BCUT2D eigenvalue weighted by molar-refractivity contribution is -0.128. The lowest BCUT2D eigenvalue weighted by atomic mass is 9.90. The monoisotopic (exact) mass is 338 g/mol. The number of rotatable bonds is 3. The molecule has 1 atom stereocenters. The molecule has 0 N–H and O–H groups in total. The summed E-state index contributed by atoms with van der Waals surface area (Å²) in [5.74, 6) is 1.17. The molecule has 1 amide bonds. The van der Waals surface area contributed by atoms with Gasteiger partial charge in [0.25, 0.3) is 0 Å². The molecule has 1 unspecified atom stereocenters. The van der Waals surface area contributed by atoms with Crippen molar-refractivity contribution in [1.29, 1.82) is 0 Å². The van der Waals surface area contributed by atoms with Gasteiger partial charge in [0.15, 0.2) is 0 Å². The van der Waals surface area contributed by atoms with Crippen LogP contribution in [0.2, 0.25) is 0 Å². The maximum absolute atomic E-state index is 11.6. The van der Waals surface area contributed by atoms with E-state index in [4.69, 9.17) is 4.52 Å². The van der Waals surface area contributed by atoms with Crippen molar-refractivity contribution in [3.8, 4) is 17.1 Å². The van der Waals surface area contributed by atoms with E-state index in [1.165, 1.54) is 6.33 Å². The maximum atomic E-state index is 11.6. The molecule has 128 valence electrons. The van der Waals surface area contributed by atoms with E-state index in [-0.39, 0.29) is 11.3 Å². The number of aromatic nitrogens is 5. The molecule has 2 aromatic heterocycles. The fraction of sp³-hybridized carbons (Fsp3) is 0.353. The fourth-order valence-electron chi connectivity index (χ4n) is 3.12. The Labute approximate surface area is 144 Å². The van der Waals surface area contributed by atoms with Gasteiger partial charge in [-0.3, -0.25) is 4.79 Å². The van der Waals surface area contributed by atoms with Crippen LogP contribution in [0.5, 0.6) is 0 Å². The predicted octanol–water partition coefficient (Wildman–Crippen LogP) is 1.83. The van der Waals surface area contributed by atoms with Crippen LogP contribution in [0.25, 0.3) is 17.1 Å². The Morgan fingerprint density at radius 1 is 1.36 bits per heavy atom. The fourth-order valence-corrected chi connectivity index (χ4v) is 3.12. The molecule has 1 aliphatic heterocycles. The van der Waals surface area contributed by atoms with Gasteiger partial charge in [-0.1, -0.05) is 17.3 Å². The molecule has 3 aromatic rings. The van der Waals surface area contributed by atoms with Crippen LogP contribution in [-0.2, 0) is 10.2 Å². The number of carbonyl (C=O) groups excluding carboxylic acids is 1. The lowest BCUT2D eigenvalue weighted by Crippen LogP contribution is -2.31. The molecule has 25 heavy (non-hydrogen) atoms. The summed E-state index contributed by atoms with van der Waals surface area (Å²) in [5.41, 5.74) is 1.41. The molecule has 0 spiro atoms. The zero-order valence-electron chi connectivity index (χ0n) is 14.1. The van der Waals surface area contributed by atoms with Crippen LogP contribution in [0.3, 0.4) is 0 Å². The quantitative estimate of drug-likeness (QED) is 0.724. The van der Waals surface area contributed by atoms with E-state index < -0.39 is 0 Å². The first-order valence-electron chi connectivity index (χ1n) is 8.10. The number of amides is 1. The Hall–Kier alpha value is -3.03. The van der Waals surface area contributed by atoms with Crippen molar-refractivity contribution in [2.24, 2.45) is 0 Å². The van der Waals surface area contributed by atoms with Crippen LogP contribution in [0.15, 0.2) is 41.4 Å². The first-order chi connectivity index (χ1) is 12.0. The molecule has 1 aliphatic rings. The highest BCUT2D eigenvalue weighted by atomic mass is 16.5. The molecular weight excluding hydrogens is 320 g/mol. The van der Waals surface area contributed by atoms with Crippen LogP contribution < -0.4 is 0 Å². The molecule has 1 saturated heterocycles. The van der Waals surface area contributed by atoms with Gasteiger partial charge in [0.2, 0.25) is 17.6 Å². The van der Waals surface area contributed by atoms with E-state index in [0.717, 1.165) is 17.7 Å². The standard InChI is InChI=1S/C17H18N6O2/c1-12(24)22-7-6-17(2,9-22)16-20-15(21-25-16)13-4-3-5-14(8-13)23-11-18-10-19-23/h3-5,8,10-11H,6-7,9H2,1-2H3. The summed E-state index contributed by atoms with van der Waals surface area (Å²) in [6.45, 7) is 4.95. The van der Waals surface area contributed by atoms with Gasteiger partial charge in [0, 0.05) is 25.6 Å². The maximum Gasteiger partial charge on any atom is 0.234 e. The van der Waals surface area contributed by atoms with E-state index in [0.29, 0.717) is 24.8 Å². The van der Waals surface area contributed by atoms with Crippen LogP contribution in [-0.4, -0.2) is 48.8 Å². The largest absolute Gasteiger partial charge is 0.342 e. The smallest absolute Gasteiger partial charge is 0.234 e. The first-order valence-corrected chi connectivity index (χ1v) is 8.10. The van der Waals surface area contributed by atoms with Gasteiger partial charge in [-0.05, 0) is 25.5 Å². The predicted molar refractivity (Wildman–Crippen MR) is 88.9 cm³/mol. The van der Waals surface area contributed by atoms with Crippen molar-refractivity contribution in [3.63, 3.8) is 0 Å². The van der Waals surface area contributed by atoms with E-state index in [2.05, 4.69) is 27.1 Å². The van der Waals surface area contributed by atoms with Crippen LogP contribution >= 0.6 is 0 Å². The van der Waals surface area contributed by atoms with Gasteiger partial charge in [-0.2, -0.15) is 10.1 Å². The number of hydrogen-bond acceptors (Lipinski definition) is 6. The third kappa shape index (κ3) is 2.79. The molecule has 8 nitrogen and oxygen atoms in total. The minimum absolute atomic E-state index is 0.0731. The molecule has 8 heteroatoms. The SMILES string of the molecule is CC(=O)N1CCC(C)(c2nc(-c3cccc(-n4cncn4)c3)no2)C1. The summed E-state index contributed by atoms with van der Waals surface area (Å²) in [7, 11) is 0. The Kier molecular flexibility index (Phi) is 3.60. The normalized spacial score (nSPS) is 20.2. The number of hydrogen-bond donors (Lipinski definition) is 0. The molecule has 0 aliphatic carbocycles. The zero-order valence-corrected chi connectivity index (χ0v) is 14.1. The van der Waals surface area contributed by atoms with E-state index in [1.54, 1.807) is 17.9 Å². The van der Waals surface area contributed by atoms with Crippen LogP contribution in [0.1, 0.15) is 26.2 Å². The summed E-state index contributed by atoms with van der Waals surface area (Å²) >= 11 is 0. The topological polar surface area (TPSA) is 89.9 Å². The van der Waals surface area contributed by atoms with Crippen molar-refractivity contribution in [2.45, 2.75) is 25.7 Å². The Morgan fingerprint density at radius 2 is 2.24 bits per heavy atom. The Bertz CT molecular complexity index is 904. The van der Waals surface area contributed by atoms with Gasteiger partial charge in [-0.25, -0.2) is 9.67 Å². The van der Waals surface area contributed by atoms with Gasteiger partial charge in [0.05, 0.1) is 11.1 Å². The second-order valence-corrected chi connectivity index (χ2v) is 6.56.